The molecule has 0 saturated carbocycles. The molecule has 0 aromatic carbocycles. The van der Waals surface area contributed by atoms with Gasteiger partial charge in [-0.15, -0.1) is 9.90 Å². The highest BCUT2D eigenvalue weighted by Crippen LogP contribution is 1.88. The van der Waals surface area contributed by atoms with Crippen LogP contribution in [-0.4, -0.2) is 19.4 Å². The van der Waals surface area contributed by atoms with Crippen LogP contribution in [-0.2, 0) is 4.84 Å². The predicted octanol–water partition coefficient (Wildman–Crippen LogP) is -2.30. The van der Waals surface area contributed by atoms with Gasteiger partial charge in [-0.25, -0.2) is 5.32 Å². The van der Waals surface area contributed by atoms with Crippen molar-refractivity contribution in [1.82, 2.24) is 5.32 Å². The molecule has 2 heterocycles. The highest BCUT2D eigenvalue weighted by atomic mass is 16.9. The molecular weight excluding hydrogens is 80.0 g/mol. The van der Waals surface area contributed by atoms with Gasteiger partial charge < -0.3 is 0 Å². The Morgan fingerprint density at radius 1 is 1.83 bits per heavy atom. The Morgan fingerprint density at radius 3 is 3.00 bits per heavy atom. The Labute approximate surface area is 35.8 Å². The van der Waals surface area contributed by atoms with Gasteiger partial charge in [0.25, 0.3) is 0 Å². The van der Waals surface area contributed by atoms with E-state index in [0.717, 1.165) is 13.1 Å². The van der Waals surface area contributed by atoms with Gasteiger partial charge in [-0.3, -0.25) is 0 Å². The first kappa shape index (κ1) is 2.96. The Kier molecular flexibility index (Phi) is 0.371. The second-order valence-corrected chi connectivity index (χ2v) is 1.67. The van der Waals surface area contributed by atoms with Crippen molar-refractivity contribution in [3.8, 4) is 0 Å². The zero-order valence-corrected chi connectivity index (χ0v) is 3.40. The summed E-state index contributed by atoms with van der Waals surface area (Å²) in [6, 6.07) is 0. The van der Waals surface area contributed by atoms with Crippen LogP contribution in [0.3, 0.4) is 0 Å². The molecule has 2 N–H and O–H groups in total. The van der Waals surface area contributed by atoms with E-state index in [1.807, 2.05) is 0 Å². The van der Waals surface area contributed by atoms with Gasteiger partial charge in [-0.2, -0.15) is 0 Å². The SMILES string of the molecule is C1C[NH+]2OC2N1. The highest BCUT2D eigenvalue weighted by molar-refractivity contribution is 4.51. The molecule has 0 spiro atoms. The first-order valence-corrected chi connectivity index (χ1v) is 2.22. The largest absolute Gasteiger partial charge is 0.331 e. The average molecular weight is 87.1 g/mol. The molecule has 2 aliphatic heterocycles. The van der Waals surface area contributed by atoms with Crippen molar-refractivity contribution in [2.45, 2.75) is 6.35 Å². The minimum Gasteiger partial charge on any atom is -0.231 e. The first-order chi connectivity index (χ1) is 2.97. The third-order valence-electron chi connectivity index (χ3n) is 1.21. The third-order valence-corrected chi connectivity index (χ3v) is 1.21. The molecule has 2 saturated heterocycles. The topological polar surface area (TPSA) is 29.0 Å². The smallest absolute Gasteiger partial charge is 0.231 e. The fraction of sp³-hybridized carbons (Fsp3) is 1.00. The first-order valence-electron chi connectivity index (χ1n) is 2.22. The lowest BCUT2D eigenvalue weighted by molar-refractivity contribution is -0.885. The number of hydrogen-bond acceptors (Lipinski definition) is 2. The molecule has 0 aromatic heterocycles. The molecule has 2 fully saturated rings. The highest BCUT2D eigenvalue weighted by Gasteiger charge is 2.48. The predicted molar refractivity (Wildman–Crippen MR) is 18.7 cm³/mol. The van der Waals surface area contributed by atoms with Crippen molar-refractivity contribution in [2.75, 3.05) is 13.1 Å². The lowest BCUT2D eigenvalue weighted by Gasteiger charge is -1.77. The summed E-state index contributed by atoms with van der Waals surface area (Å²) in [5, 5.41) is 4.39. The van der Waals surface area contributed by atoms with Crippen LogP contribution < -0.4 is 10.4 Å². The van der Waals surface area contributed by atoms with Crippen molar-refractivity contribution in [3.63, 3.8) is 0 Å². The van der Waals surface area contributed by atoms with Crippen molar-refractivity contribution in [2.24, 2.45) is 0 Å². The van der Waals surface area contributed by atoms with Gasteiger partial charge >= 0.3 is 6.35 Å². The summed E-state index contributed by atoms with van der Waals surface area (Å²) >= 11 is 0. The van der Waals surface area contributed by atoms with Crippen molar-refractivity contribution in [3.05, 3.63) is 0 Å². The minimum absolute atomic E-state index is 0.380. The van der Waals surface area contributed by atoms with Crippen molar-refractivity contribution < 1.29 is 9.90 Å². The van der Waals surface area contributed by atoms with E-state index < -0.39 is 0 Å². The zero-order valence-electron chi connectivity index (χ0n) is 3.40. The Hall–Kier alpha value is -0.120. The van der Waals surface area contributed by atoms with Crippen LogP contribution in [0, 0.1) is 0 Å². The number of hydroxylamine groups is 2. The monoisotopic (exact) mass is 87.1 g/mol. The molecule has 0 amide bonds. The second-order valence-electron chi connectivity index (χ2n) is 1.67. The normalized spacial score (nSPS) is 52.0. The summed E-state index contributed by atoms with van der Waals surface area (Å²) in [6.07, 6.45) is 0.380. The van der Waals surface area contributed by atoms with Crippen LogP contribution in [0.15, 0.2) is 0 Å². The fourth-order valence-corrected chi connectivity index (χ4v) is 0.789. The summed E-state index contributed by atoms with van der Waals surface area (Å²) < 4.78 is 0. The number of nitrogens with one attached hydrogen (secondary N) is 2. The molecule has 2 aliphatic rings. The van der Waals surface area contributed by atoms with E-state index in [9.17, 15) is 0 Å². The molecule has 0 bridgehead atoms. The second kappa shape index (κ2) is 0.753. The van der Waals surface area contributed by atoms with E-state index in [1.165, 1.54) is 5.06 Å². The molecule has 6 heavy (non-hydrogen) atoms. The van der Waals surface area contributed by atoms with Gasteiger partial charge in [0.2, 0.25) is 0 Å². The number of rotatable bonds is 0. The van der Waals surface area contributed by atoms with Gasteiger partial charge in [0.1, 0.15) is 6.54 Å². The zero-order chi connectivity index (χ0) is 3.98. The van der Waals surface area contributed by atoms with Crippen LogP contribution in [0.4, 0.5) is 0 Å². The Morgan fingerprint density at radius 2 is 2.83 bits per heavy atom. The van der Waals surface area contributed by atoms with Crippen LogP contribution >= 0.6 is 0 Å². The molecule has 2 unspecified atom stereocenters. The maximum atomic E-state index is 4.96. The van der Waals surface area contributed by atoms with E-state index in [2.05, 4.69) is 5.32 Å². The molecule has 3 heteroatoms. The number of fused-ring (bicyclic) bond motifs is 1. The van der Waals surface area contributed by atoms with Gasteiger partial charge in [0.15, 0.2) is 0 Å². The summed E-state index contributed by atoms with van der Waals surface area (Å²) in [4.78, 5) is 4.96. The lowest BCUT2D eigenvalue weighted by Crippen LogP contribution is -2.92. The van der Waals surface area contributed by atoms with Crippen LogP contribution in [0.2, 0.25) is 0 Å². The number of quaternary nitrogens is 1. The number of hydrogen-bond donors (Lipinski definition) is 2. The lowest BCUT2D eigenvalue weighted by atomic mass is 10.7. The van der Waals surface area contributed by atoms with Gasteiger partial charge in [0, 0.05) is 0 Å². The maximum absolute atomic E-state index is 4.96. The van der Waals surface area contributed by atoms with Crippen molar-refractivity contribution in [1.29, 1.82) is 0 Å². The summed E-state index contributed by atoms with van der Waals surface area (Å²) in [5.74, 6) is 0. The summed E-state index contributed by atoms with van der Waals surface area (Å²) in [5.41, 5.74) is 0. The van der Waals surface area contributed by atoms with E-state index in [4.69, 9.17) is 4.84 Å². The van der Waals surface area contributed by atoms with E-state index >= 15 is 0 Å². The van der Waals surface area contributed by atoms with Gasteiger partial charge in [-0.05, 0) is 0 Å². The van der Waals surface area contributed by atoms with Crippen LogP contribution in [0.5, 0.6) is 0 Å². The summed E-state index contributed by atoms with van der Waals surface area (Å²) in [7, 11) is 0. The molecule has 2 rings (SSSR count). The molecule has 0 aromatic rings. The van der Waals surface area contributed by atoms with Gasteiger partial charge in [0.05, 0.1) is 6.54 Å². The van der Waals surface area contributed by atoms with E-state index in [0.29, 0.717) is 6.35 Å². The van der Waals surface area contributed by atoms with E-state index in [1.54, 1.807) is 0 Å². The Balaban J connectivity index is 2.09. The maximum Gasteiger partial charge on any atom is 0.331 e. The molecule has 0 aliphatic carbocycles. The minimum atomic E-state index is 0.380. The molecule has 2 atom stereocenters. The fourth-order valence-electron chi connectivity index (χ4n) is 0.789. The van der Waals surface area contributed by atoms with Crippen LogP contribution in [0.1, 0.15) is 0 Å². The molecule has 0 radical (unpaired) electrons. The van der Waals surface area contributed by atoms with Crippen molar-refractivity contribution >= 4 is 0 Å². The standard InChI is InChI=1S/C3H6N2O/c1-2-5-3(4-1)6-5/h3-4H,1-2H2/p+1. The van der Waals surface area contributed by atoms with Gasteiger partial charge in [-0.1, -0.05) is 0 Å². The average Bonchev–Trinajstić information content (AvgIpc) is 2.17. The molecule has 34 valence electrons. The quantitative estimate of drug-likeness (QED) is 0.325. The molecule has 3 nitrogen and oxygen atoms in total. The summed E-state index contributed by atoms with van der Waals surface area (Å²) in [6.45, 7) is 2.27. The Bertz CT molecular complexity index is 67.2. The van der Waals surface area contributed by atoms with Crippen LogP contribution in [0.25, 0.3) is 0 Å². The third kappa shape index (κ3) is 0.228. The molecular formula is C3H7N2O+. The van der Waals surface area contributed by atoms with E-state index in [-0.39, 0.29) is 0 Å².